The number of aromatic nitrogens is 2. The van der Waals surface area contributed by atoms with Gasteiger partial charge in [0.15, 0.2) is 6.23 Å². The molecular formula is C16H12F3N5O3S2. The van der Waals surface area contributed by atoms with Gasteiger partial charge in [-0.15, -0.1) is 10.2 Å². The molecule has 13 heteroatoms. The molecule has 1 aromatic heterocycles. The van der Waals surface area contributed by atoms with Crippen LogP contribution in [0.3, 0.4) is 0 Å². The minimum Gasteiger partial charge on any atom is -0.433 e. The van der Waals surface area contributed by atoms with Crippen molar-refractivity contribution in [2.45, 2.75) is 23.7 Å². The minimum atomic E-state index is -4.70. The number of thioether (sulfide) groups is 1. The maximum absolute atomic E-state index is 12.8. The standard InChI is InChI=1S/C16H12F3N5O3S2/c1-23-7-6-11(27-15(26)28-10-4-2-9(8-20)3-5-10)24(14(23)25)13-22-21-12(29-13)16(17,18)19/h2-5,11H,6-7H2,1H3. The van der Waals surface area contributed by atoms with Crippen LogP contribution in [0.4, 0.5) is 27.9 Å². The molecule has 29 heavy (non-hydrogen) atoms. The highest BCUT2D eigenvalue weighted by Gasteiger charge is 2.41. The van der Waals surface area contributed by atoms with E-state index in [1.54, 1.807) is 12.1 Å². The highest BCUT2D eigenvalue weighted by atomic mass is 32.2. The molecule has 152 valence electrons. The number of benzene rings is 1. The van der Waals surface area contributed by atoms with Crippen molar-refractivity contribution in [3.63, 3.8) is 0 Å². The summed E-state index contributed by atoms with van der Waals surface area (Å²) in [5, 5.41) is 13.1. The monoisotopic (exact) mass is 443 g/mol. The first kappa shape index (κ1) is 20.9. The number of carbonyl (C=O) groups excluding carboxylic acids is 2. The topological polar surface area (TPSA) is 99.4 Å². The summed E-state index contributed by atoms with van der Waals surface area (Å²) in [5.74, 6) is 0. The Kier molecular flexibility index (Phi) is 5.94. The van der Waals surface area contributed by atoms with E-state index in [0.717, 1.165) is 16.7 Å². The van der Waals surface area contributed by atoms with Crippen LogP contribution in [0.5, 0.6) is 0 Å². The van der Waals surface area contributed by atoms with Gasteiger partial charge < -0.3 is 9.64 Å². The van der Waals surface area contributed by atoms with Crippen molar-refractivity contribution in [3.05, 3.63) is 34.8 Å². The van der Waals surface area contributed by atoms with Crippen molar-refractivity contribution >= 4 is 39.6 Å². The molecule has 1 unspecified atom stereocenters. The van der Waals surface area contributed by atoms with Gasteiger partial charge in [0.25, 0.3) is 0 Å². The van der Waals surface area contributed by atoms with Crippen LogP contribution in [0, 0.1) is 11.3 Å². The second-order valence-electron chi connectivity index (χ2n) is 5.81. The van der Waals surface area contributed by atoms with Crippen molar-refractivity contribution < 1.29 is 27.5 Å². The summed E-state index contributed by atoms with van der Waals surface area (Å²) in [5.41, 5.74) is 0.423. The van der Waals surface area contributed by atoms with Crippen LogP contribution in [0.25, 0.3) is 0 Å². The lowest BCUT2D eigenvalue weighted by Gasteiger charge is -2.37. The van der Waals surface area contributed by atoms with Crippen LogP contribution in [0.1, 0.15) is 17.0 Å². The summed E-state index contributed by atoms with van der Waals surface area (Å²) in [6.45, 7) is 0.250. The third kappa shape index (κ3) is 4.77. The SMILES string of the molecule is CN1CCC(OC(=O)Sc2ccc(C#N)cc2)N(c2nnc(C(F)(F)F)s2)C1=O. The summed E-state index contributed by atoms with van der Waals surface area (Å²) >= 11 is 0.924. The number of nitrogens with zero attached hydrogens (tertiary/aromatic N) is 5. The number of hydrogen-bond donors (Lipinski definition) is 0. The molecule has 1 aliphatic rings. The van der Waals surface area contributed by atoms with Crippen LogP contribution in [-0.2, 0) is 10.9 Å². The first-order valence-corrected chi connectivity index (χ1v) is 9.66. The summed E-state index contributed by atoms with van der Waals surface area (Å²) in [7, 11) is 1.48. The number of carbonyl (C=O) groups is 2. The fourth-order valence-corrected chi connectivity index (χ4v) is 3.78. The predicted octanol–water partition coefficient (Wildman–Crippen LogP) is 3.95. The minimum absolute atomic E-state index is 0.183. The average Bonchev–Trinajstić information content (AvgIpc) is 3.15. The first-order valence-electron chi connectivity index (χ1n) is 8.02. The van der Waals surface area contributed by atoms with E-state index in [-0.39, 0.29) is 29.4 Å². The maximum Gasteiger partial charge on any atom is 0.445 e. The molecule has 3 rings (SSSR count). The molecule has 0 aliphatic carbocycles. The van der Waals surface area contributed by atoms with Crippen molar-refractivity contribution in [2.75, 3.05) is 18.5 Å². The number of hydrogen-bond acceptors (Lipinski definition) is 8. The molecule has 2 aromatic rings. The number of halogens is 3. The van der Waals surface area contributed by atoms with E-state index in [1.807, 2.05) is 6.07 Å². The van der Waals surface area contributed by atoms with Crippen molar-refractivity contribution in [2.24, 2.45) is 0 Å². The Hall–Kier alpha value is -2.85. The molecule has 2 heterocycles. The van der Waals surface area contributed by atoms with Crippen LogP contribution in [-0.4, -0.2) is 46.3 Å². The lowest BCUT2D eigenvalue weighted by molar-refractivity contribution is -0.138. The normalized spacial score (nSPS) is 17.2. The van der Waals surface area contributed by atoms with Crippen molar-refractivity contribution in [3.8, 4) is 6.07 Å². The molecule has 0 saturated carbocycles. The van der Waals surface area contributed by atoms with Gasteiger partial charge in [-0.25, -0.2) is 14.5 Å². The zero-order valence-corrected chi connectivity index (χ0v) is 16.3. The number of ether oxygens (including phenoxy) is 1. The zero-order valence-electron chi connectivity index (χ0n) is 14.7. The quantitative estimate of drug-likeness (QED) is 0.523. The van der Waals surface area contributed by atoms with Gasteiger partial charge in [0, 0.05) is 24.9 Å². The number of urea groups is 1. The zero-order chi connectivity index (χ0) is 21.2. The van der Waals surface area contributed by atoms with Crippen LogP contribution in [0.2, 0.25) is 0 Å². The lowest BCUT2D eigenvalue weighted by Crippen LogP contribution is -2.54. The van der Waals surface area contributed by atoms with E-state index in [2.05, 4.69) is 10.2 Å². The Morgan fingerprint density at radius 2 is 2.03 bits per heavy atom. The smallest absolute Gasteiger partial charge is 0.433 e. The molecule has 1 aliphatic heterocycles. The van der Waals surface area contributed by atoms with Crippen LogP contribution >= 0.6 is 23.1 Å². The lowest BCUT2D eigenvalue weighted by atomic mass is 10.2. The van der Waals surface area contributed by atoms with Gasteiger partial charge >= 0.3 is 17.5 Å². The second-order valence-corrected chi connectivity index (χ2v) is 7.78. The van der Waals surface area contributed by atoms with Gasteiger partial charge in [0.2, 0.25) is 10.1 Å². The number of amides is 2. The average molecular weight is 443 g/mol. The van der Waals surface area contributed by atoms with Crippen LogP contribution < -0.4 is 4.90 Å². The molecule has 1 saturated heterocycles. The maximum atomic E-state index is 12.8. The number of alkyl halides is 3. The Labute approximate surface area is 170 Å². The van der Waals surface area contributed by atoms with Gasteiger partial charge in [0.1, 0.15) is 0 Å². The van der Waals surface area contributed by atoms with Crippen molar-refractivity contribution in [1.29, 1.82) is 5.26 Å². The molecule has 0 spiro atoms. The first-order chi connectivity index (χ1) is 13.7. The van der Waals surface area contributed by atoms with E-state index in [9.17, 15) is 22.8 Å². The summed E-state index contributed by atoms with van der Waals surface area (Å²) in [6, 6.07) is 7.48. The van der Waals surface area contributed by atoms with Crippen LogP contribution in [0.15, 0.2) is 29.2 Å². The second kappa shape index (κ2) is 8.26. The van der Waals surface area contributed by atoms with Gasteiger partial charge in [0.05, 0.1) is 11.6 Å². The Balaban J connectivity index is 1.76. The summed E-state index contributed by atoms with van der Waals surface area (Å²) < 4.78 is 43.8. The third-order valence-corrected chi connectivity index (χ3v) is 5.55. The molecule has 0 bridgehead atoms. The van der Waals surface area contributed by atoms with E-state index in [1.165, 1.54) is 24.1 Å². The van der Waals surface area contributed by atoms with E-state index < -0.39 is 28.7 Å². The molecule has 0 radical (unpaired) electrons. The highest BCUT2D eigenvalue weighted by Crippen LogP contribution is 2.36. The summed E-state index contributed by atoms with van der Waals surface area (Å²) in [4.78, 5) is 27.5. The highest BCUT2D eigenvalue weighted by molar-refractivity contribution is 8.13. The Morgan fingerprint density at radius 1 is 1.34 bits per heavy atom. The largest absolute Gasteiger partial charge is 0.445 e. The summed E-state index contributed by atoms with van der Waals surface area (Å²) in [6.07, 6.45) is -5.63. The Bertz CT molecular complexity index is 958. The molecule has 2 amide bonds. The Morgan fingerprint density at radius 3 is 2.62 bits per heavy atom. The number of rotatable bonds is 3. The fraction of sp³-hybridized carbons (Fsp3) is 0.312. The van der Waals surface area contributed by atoms with E-state index >= 15 is 0 Å². The predicted molar refractivity (Wildman–Crippen MR) is 97.3 cm³/mol. The number of anilines is 1. The van der Waals surface area contributed by atoms with Gasteiger partial charge in [-0.3, -0.25) is 0 Å². The van der Waals surface area contributed by atoms with E-state index in [4.69, 9.17) is 10.00 Å². The third-order valence-electron chi connectivity index (χ3n) is 3.81. The molecule has 8 nitrogen and oxygen atoms in total. The fourth-order valence-electron chi connectivity index (χ4n) is 2.41. The van der Waals surface area contributed by atoms with Gasteiger partial charge in [-0.2, -0.15) is 18.4 Å². The molecule has 1 fully saturated rings. The van der Waals surface area contributed by atoms with Gasteiger partial charge in [-0.05, 0) is 36.0 Å². The molecular weight excluding hydrogens is 431 g/mol. The molecule has 0 N–H and O–H groups in total. The molecule has 1 aromatic carbocycles. The number of nitriles is 1. The molecule has 1 atom stereocenters. The van der Waals surface area contributed by atoms with Gasteiger partial charge in [-0.1, -0.05) is 11.3 Å². The van der Waals surface area contributed by atoms with E-state index in [0.29, 0.717) is 10.5 Å². The van der Waals surface area contributed by atoms with Crippen molar-refractivity contribution in [1.82, 2.24) is 15.1 Å².